The van der Waals surface area contributed by atoms with Gasteiger partial charge in [-0.1, -0.05) is 6.92 Å². The molecule has 0 saturated carbocycles. The molecule has 0 amide bonds. The van der Waals surface area contributed by atoms with Gasteiger partial charge in [0.25, 0.3) is 0 Å². The summed E-state index contributed by atoms with van der Waals surface area (Å²) in [4.78, 5) is 0. The number of rotatable bonds is 3. The predicted octanol–water partition coefficient (Wildman–Crippen LogP) is 3.86. The van der Waals surface area contributed by atoms with Crippen molar-refractivity contribution in [2.24, 2.45) is 0 Å². The molecular formula is C14H18F3NO. The molecule has 106 valence electrons. The van der Waals surface area contributed by atoms with Crippen molar-refractivity contribution in [2.75, 3.05) is 11.9 Å². The van der Waals surface area contributed by atoms with Gasteiger partial charge in [-0.2, -0.15) is 0 Å². The van der Waals surface area contributed by atoms with Gasteiger partial charge in [-0.15, -0.1) is 0 Å². The van der Waals surface area contributed by atoms with E-state index in [1.807, 2.05) is 13.8 Å². The van der Waals surface area contributed by atoms with Crippen molar-refractivity contribution in [1.29, 1.82) is 0 Å². The lowest BCUT2D eigenvalue weighted by atomic mass is 9.90. The van der Waals surface area contributed by atoms with Crippen molar-refractivity contribution in [3.63, 3.8) is 0 Å². The van der Waals surface area contributed by atoms with Crippen molar-refractivity contribution in [2.45, 2.75) is 44.8 Å². The van der Waals surface area contributed by atoms with Gasteiger partial charge < -0.3 is 10.1 Å². The van der Waals surface area contributed by atoms with Crippen LogP contribution in [0.1, 0.15) is 33.1 Å². The van der Waals surface area contributed by atoms with Crippen molar-refractivity contribution < 1.29 is 17.9 Å². The smallest absolute Gasteiger partial charge is 0.194 e. The Balaban J connectivity index is 2.09. The summed E-state index contributed by atoms with van der Waals surface area (Å²) in [5.41, 5.74) is 0.0503. The molecule has 1 aromatic carbocycles. The van der Waals surface area contributed by atoms with E-state index in [0.29, 0.717) is 6.61 Å². The second kappa shape index (κ2) is 5.41. The average Bonchev–Trinajstić information content (AvgIpc) is 2.36. The van der Waals surface area contributed by atoms with E-state index in [0.717, 1.165) is 31.4 Å². The maximum Gasteiger partial charge on any atom is 0.194 e. The number of anilines is 1. The third-order valence-electron chi connectivity index (χ3n) is 3.70. The van der Waals surface area contributed by atoms with Gasteiger partial charge in [-0.3, -0.25) is 0 Å². The van der Waals surface area contributed by atoms with Crippen LogP contribution in [0.2, 0.25) is 0 Å². The molecule has 1 fully saturated rings. The van der Waals surface area contributed by atoms with Gasteiger partial charge in [0.2, 0.25) is 0 Å². The highest BCUT2D eigenvalue weighted by molar-refractivity contribution is 5.45. The lowest BCUT2D eigenvalue weighted by Gasteiger charge is -2.38. The molecule has 1 aliphatic rings. The van der Waals surface area contributed by atoms with Crippen LogP contribution in [-0.4, -0.2) is 18.2 Å². The molecule has 0 bridgehead atoms. The molecule has 2 nitrogen and oxygen atoms in total. The standard InChI is InChI=1S/C14H18F3NO/c1-3-14(2)8-9(4-5-19-14)18-10-6-11(15)13(17)12(16)7-10/h6-7,9,18H,3-5,8H2,1-2H3. The van der Waals surface area contributed by atoms with Crippen molar-refractivity contribution in [3.05, 3.63) is 29.6 Å². The van der Waals surface area contributed by atoms with E-state index in [1.54, 1.807) is 0 Å². The summed E-state index contributed by atoms with van der Waals surface area (Å²) in [6, 6.07) is 2.04. The molecule has 0 aliphatic carbocycles. The van der Waals surface area contributed by atoms with Crippen molar-refractivity contribution in [3.8, 4) is 0 Å². The fourth-order valence-electron chi connectivity index (χ4n) is 2.37. The van der Waals surface area contributed by atoms with Crippen molar-refractivity contribution >= 4 is 5.69 Å². The number of ether oxygens (including phenoxy) is 1. The average molecular weight is 273 g/mol. The van der Waals surface area contributed by atoms with Crippen molar-refractivity contribution in [1.82, 2.24) is 0 Å². The number of halogens is 3. The normalized spacial score (nSPS) is 27.3. The summed E-state index contributed by atoms with van der Waals surface area (Å²) >= 11 is 0. The monoisotopic (exact) mass is 273 g/mol. The van der Waals surface area contributed by atoms with E-state index in [4.69, 9.17) is 4.74 Å². The maximum atomic E-state index is 13.1. The fraction of sp³-hybridized carbons (Fsp3) is 0.571. The van der Waals surface area contributed by atoms with Crippen LogP contribution in [0, 0.1) is 17.5 Å². The number of hydrogen-bond donors (Lipinski definition) is 1. The van der Waals surface area contributed by atoms with Gasteiger partial charge in [-0.25, -0.2) is 13.2 Å². The highest BCUT2D eigenvalue weighted by Gasteiger charge is 2.31. The summed E-state index contributed by atoms with van der Waals surface area (Å²) in [6.45, 7) is 4.67. The summed E-state index contributed by atoms with van der Waals surface area (Å²) < 4.78 is 44.8. The predicted molar refractivity (Wildman–Crippen MR) is 67.6 cm³/mol. The Bertz CT molecular complexity index is 443. The van der Waals surface area contributed by atoms with E-state index in [1.165, 1.54) is 0 Å². The summed E-state index contributed by atoms with van der Waals surface area (Å²) in [5, 5.41) is 3.05. The van der Waals surface area contributed by atoms with E-state index in [9.17, 15) is 13.2 Å². The molecule has 2 atom stereocenters. The van der Waals surface area contributed by atoms with Gasteiger partial charge in [0.05, 0.1) is 5.60 Å². The molecule has 2 rings (SSSR count). The Hall–Kier alpha value is -1.23. The molecule has 1 N–H and O–H groups in total. The van der Waals surface area contributed by atoms with E-state index < -0.39 is 17.5 Å². The van der Waals surface area contributed by atoms with Crippen LogP contribution < -0.4 is 5.32 Å². The first-order chi connectivity index (χ1) is 8.93. The minimum absolute atomic E-state index is 0.0722. The quantitative estimate of drug-likeness (QED) is 0.844. The Morgan fingerprint density at radius 1 is 1.32 bits per heavy atom. The van der Waals surface area contributed by atoms with Crippen LogP contribution in [0.25, 0.3) is 0 Å². The first kappa shape index (κ1) is 14.2. The number of hydrogen-bond acceptors (Lipinski definition) is 2. The second-order valence-corrected chi connectivity index (χ2v) is 5.24. The molecular weight excluding hydrogens is 255 g/mol. The zero-order valence-corrected chi connectivity index (χ0v) is 11.1. The van der Waals surface area contributed by atoms with Gasteiger partial charge >= 0.3 is 0 Å². The highest BCUT2D eigenvalue weighted by Crippen LogP contribution is 2.30. The first-order valence-electron chi connectivity index (χ1n) is 6.48. The largest absolute Gasteiger partial charge is 0.382 e. The minimum Gasteiger partial charge on any atom is -0.382 e. The van der Waals surface area contributed by atoms with Gasteiger partial charge in [0.15, 0.2) is 17.5 Å². The van der Waals surface area contributed by atoms with Gasteiger partial charge in [-0.05, 0) is 26.2 Å². The Labute approximate surface area is 111 Å². The van der Waals surface area contributed by atoms with Crippen LogP contribution in [-0.2, 0) is 4.74 Å². The molecule has 1 aromatic rings. The zero-order valence-electron chi connectivity index (χ0n) is 11.1. The van der Waals surface area contributed by atoms with Crippen LogP contribution in [0.5, 0.6) is 0 Å². The summed E-state index contributed by atoms with van der Waals surface area (Å²) in [5.74, 6) is -3.78. The Kier molecular flexibility index (Phi) is 4.04. The minimum atomic E-state index is -1.43. The van der Waals surface area contributed by atoms with Crippen LogP contribution >= 0.6 is 0 Å². The van der Waals surface area contributed by atoms with E-state index >= 15 is 0 Å². The van der Waals surface area contributed by atoms with E-state index in [-0.39, 0.29) is 17.3 Å². The topological polar surface area (TPSA) is 21.3 Å². The first-order valence-corrected chi connectivity index (χ1v) is 6.48. The van der Waals surface area contributed by atoms with Gasteiger partial charge in [0.1, 0.15) is 0 Å². The Morgan fingerprint density at radius 2 is 1.95 bits per heavy atom. The van der Waals surface area contributed by atoms with Gasteiger partial charge in [0, 0.05) is 30.5 Å². The fourth-order valence-corrected chi connectivity index (χ4v) is 2.37. The summed E-state index contributed by atoms with van der Waals surface area (Å²) in [6.07, 6.45) is 2.39. The third-order valence-corrected chi connectivity index (χ3v) is 3.70. The number of nitrogens with one attached hydrogen (secondary N) is 1. The molecule has 19 heavy (non-hydrogen) atoms. The third kappa shape index (κ3) is 3.21. The Morgan fingerprint density at radius 3 is 2.53 bits per heavy atom. The molecule has 0 radical (unpaired) electrons. The van der Waals surface area contributed by atoms with Crippen LogP contribution in [0.3, 0.4) is 0 Å². The lowest BCUT2D eigenvalue weighted by molar-refractivity contribution is -0.0708. The van der Waals surface area contributed by atoms with E-state index in [2.05, 4.69) is 5.32 Å². The van der Waals surface area contributed by atoms with Crippen LogP contribution in [0.15, 0.2) is 12.1 Å². The molecule has 1 aliphatic heterocycles. The zero-order chi connectivity index (χ0) is 14.0. The molecule has 1 heterocycles. The highest BCUT2D eigenvalue weighted by atomic mass is 19.2. The molecule has 1 saturated heterocycles. The molecule has 5 heteroatoms. The lowest BCUT2D eigenvalue weighted by Crippen LogP contribution is -2.41. The molecule has 0 spiro atoms. The van der Waals surface area contributed by atoms with Crippen LogP contribution in [0.4, 0.5) is 18.9 Å². The summed E-state index contributed by atoms with van der Waals surface area (Å²) in [7, 11) is 0. The molecule has 0 aromatic heterocycles. The maximum absolute atomic E-state index is 13.1. The number of benzene rings is 1. The second-order valence-electron chi connectivity index (χ2n) is 5.24. The SMILES string of the molecule is CCC1(C)CC(Nc2cc(F)c(F)c(F)c2)CCO1. The molecule has 2 unspecified atom stereocenters.